The normalized spacial score (nSPS) is 10.3. The summed E-state index contributed by atoms with van der Waals surface area (Å²) in [6.45, 7) is 0.468. The largest absolute Gasteiger partial charge is 0.339 e. The van der Waals surface area contributed by atoms with Gasteiger partial charge in [0.05, 0.1) is 6.67 Å². The summed E-state index contributed by atoms with van der Waals surface area (Å²) >= 11 is 0. The smallest absolute Gasteiger partial charge is 0.252 e. The van der Waals surface area contributed by atoms with Gasteiger partial charge in [0, 0.05) is 5.56 Å². The summed E-state index contributed by atoms with van der Waals surface area (Å²) < 4.78 is 12.5. The Morgan fingerprint density at radius 3 is 2.43 bits per heavy atom. The Balaban J connectivity index is 2.57. The third-order valence-electron chi connectivity index (χ3n) is 1.66. The zero-order valence-corrected chi connectivity index (χ0v) is 8.25. The van der Waals surface area contributed by atoms with E-state index in [2.05, 4.69) is 5.32 Å². The Kier molecular flexibility index (Phi) is 3.59. The Morgan fingerprint density at radius 2 is 1.93 bits per heavy atom. The number of carbonyl (C=O) groups is 1. The topological polar surface area (TPSA) is 32.3 Å². The Morgan fingerprint density at radius 1 is 1.36 bits per heavy atom. The van der Waals surface area contributed by atoms with Crippen LogP contribution in [-0.4, -0.2) is 31.6 Å². The van der Waals surface area contributed by atoms with E-state index in [0.717, 1.165) is 0 Å². The SMILES string of the molecule is CN(C)CNC(=O)c1ccc(F)cc1. The van der Waals surface area contributed by atoms with Crippen molar-refractivity contribution in [3.05, 3.63) is 35.6 Å². The molecule has 0 fully saturated rings. The predicted molar refractivity (Wildman–Crippen MR) is 52.4 cm³/mol. The fourth-order valence-electron chi connectivity index (χ4n) is 0.933. The molecular weight excluding hydrogens is 183 g/mol. The molecule has 0 radical (unpaired) electrons. The average molecular weight is 196 g/mol. The lowest BCUT2D eigenvalue weighted by Gasteiger charge is -2.10. The Hall–Kier alpha value is -1.42. The molecule has 14 heavy (non-hydrogen) atoms. The number of benzene rings is 1. The van der Waals surface area contributed by atoms with Crippen LogP contribution in [0.4, 0.5) is 4.39 Å². The molecule has 1 aromatic carbocycles. The quantitative estimate of drug-likeness (QED) is 0.733. The summed E-state index contributed by atoms with van der Waals surface area (Å²) in [4.78, 5) is 13.2. The first kappa shape index (κ1) is 10.7. The van der Waals surface area contributed by atoms with Gasteiger partial charge in [-0.1, -0.05) is 0 Å². The molecular formula is C10H13FN2O. The van der Waals surface area contributed by atoms with Crippen LogP contribution in [0, 0.1) is 5.82 Å². The summed E-state index contributed by atoms with van der Waals surface area (Å²) in [5.41, 5.74) is 0.466. The van der Waals surface area contributed by atoms with Gasteiger partial charge in [-0.05, 0) is 38.4 Å². The maximum atomic E-state index is 12.5. The van der Waals surface area contributed by atoms with Crippen molar-refractivity contribution in [3.63, 3.8) is 0 Å². The fourth-order valence-corrected chi connectivity index (χ4v) is 0.933. The van der Waals surface area contributed by atoms with Crippen LogP contribution in [0.2, 0.25) is 0 Å². The van der Waals surface area contributed by atoms with Gasteiger partial charge in [-0.2, -0.15) is 0 Å². The van der Waals surface area contributed by atoms with Crippen molar-refractivity contribution in [3.8, 4) is 0 Å². The molecule has 4 heteroatoms. The molecule has 0 heterocycles. The molecule has 0 saturated carbocycles. The molecule has 0 aliphatic heterocycles. The van der Waals surface area contributed by atoms with Gasteiger partial charge in [0.1, 0.15) is 5.82 Å². The fraction of sp³-hybridized carbons (Fsp3) is 0.300. The van der Waals surface area contributed by atoms with E-state index in [1.165, 1.54) is 24.3 Å². The highest BCUT2D eigenvalue weighted by Gasteiger charge is 2.04. The minimum atomic E-state index is -0.339. The van der Waals surface area contributed by atoms with Gasteiger partial charge >= 0.3 is 0 Å². The first-order valence-electron chi connectivity index (χ1n) is 4.28. The number of nitrogens with one attached hydrogen (secondary N) is 1. The Labute approximate surface area is 82.5 Å². The highest BCUT2D eigenvalue weighted by Crippen LogP contribution is 2.01. The van der Waals surface area contributed by atoms with E-state index >= 15 is 0 Å². The minimum Gasteiger partial charge on any atom is -0.339 e. The van der Waals surface area contributed by atoms with Crippen LogP contribution in [0.1, 0.15) is 10.4 Å². The standard InChI is InChI=1S/C10H13FN2O/c1-13(2)7-12-10(14)8-3-5-9(11)6-4-8/h3-6H,7H2,1-2H3,(H,12,14). The maximum absolute atomic E-state index is 12.5. The molecule has 0 atom stereocenters. The summed E-state index contributed by atoms with van der Waals surface area (Å²) in [6.07, 6.45) is 0. The van der Waals surface area contributed by atoms with Gasteiger partial charge in [0.2, 0.25) is 0 Å². The van der Waals surface area contributed by atoms with Crippen LogP contribution >= 0.6 is 0 Å². The van der Waals surface area contributed by atoms with Crippen molar-refractivity contribution >= 4 is 5.91 Å². The second-order valence-electron chi connectivity index (χ2n) is 3.25. The molecule has 1 N–H and O–H groups in total. The molecule has 1 rings (SSSR count). The van der Waals surface area contributed by atoms with Gasteiger partial charge < -0.3 is 5.32 Å². The summed E-state index contributed by atoms with van der Waals surface area (Å²) in [6, 6.07) is 5.45. The van der Waals surface area contributed by atoms with Crippen molar-refractivity contribution < 1.29 is 9.18 Å². The second kappa shape index (κ2) is 4.72. The third-order valence-corrected chi connectivity index (χ3v) is 1.66. The maximum Gasteiger partial charge on any atom is 0.252 e. The van der Waals surface area contributed by atoms with Crippen molar-refractivity contribution in [1.29, 1.82) is 0 Å². The summed E-state index contributed by atoms with van der Waals surface area (Å²) in [5.74, 6) is -0.534. The highest BCUT2D eigenvalue weighted by atomic mass is 19.1. The monoisotopic (exact) mass is 196 g/mol. The summed E-state index contributed by atoms with van der Waals surface area (Å²) in [5, 5.41) is 2.68. The lowest BCUT2D eigenvalue weighted by Crippen LogP contribution is -2.32. The van der Waals surface area contributed by atoms with Gasteiger partial charge in [-0.3, -0.25) is 9.69 Å². The van der Waals surface area contributed by atoms with Gasteiger partial charge in [0.15, 0.2) is 0 Å². The van der Waals surface area contributed by atoms with E-state index < -0.39 is 0 Å². The molecule has 0 bridgehead atoms. The van der Waals surface area contributed by atoms with E-state index in [4.69, 9.17) is 0 Å². The molecule has 0 spiro atoms. The van der Waals surface area contributed by atoms with Crippen LogP contribution in [0.3, 0.4) is 0 Å². The number of amides is 1. The number of hydrogen-bond donors (Lipinski definition) is 1. The van der Waals surface area contributed by atoms with E-state index in [0.29, 0.717) is 12.2 Å². The lowest BCUT2D eigenvalue weighted by molar-refractivity contribution is 0.0935. The van der Waals surface area contributed by atoms with E-state index in [1.54, 1.807) is 0 Å². The van der Waals surface area contributed by atoms with Gasteiger partial charge in [-0.15, -0.1) is 0 Å². The second-order valence-corrected chi connectivity index (χ2v) is 3.25. The minimum absolute atomic E-state index is 0.196. The predicted octanol–water partition coefficient (Wildman–Crippen LogP) is 1.07. The molecule has 1 amide bonds. The van der Waals surface area contributed by atoms with Crippen LogP contribution in [0.25, 0.3) is 0 Å². The zero-order valence-electron chi connectivity index (χ0n) is 8.25. The van der Waals surface area contributed by atoms with Crippen LogP contribution < -0.4 is 5.32 Å². The van der Waals surface area contributed by atoms with Crippen molar-refractivity contribution in [2.45, 2.75) is 0 Å². The van der Waals surface area contributed by atoms with Crippen LogP contribution in [-0.2, 0) is 0 Å². The summed E-state index contributed by atoms with van der Waals surface area (Å²) in [7, 11) is 3.70. The average Bonchev–Trinajstić information content (AvgIpc) is 2.15. The van der Waals surface area contributed by atoms with Crippen molar-refractivity contribution in [2.24, 2.45) is 0 Å². The number of nitrogens with zero attached hydrogens (tertiary/aromatic N) is 1. The van der Waals surface area contributed by atoms with Gasteiger partial charge in [-0.25, -0.2) is 4.39 Å². The molecule has 0 aliphatic carbocycles. The van der Waals surface area contributed by atoms with E-state index in [1.807, 2.05) is 19.0 Å². The highest BCUT2D eigenvalue weighted by molar-refractivity contribution is 5.94. The molecule has 0 unspecified atom stereocenters. The third kappa shape index (κ3) is 3.14. The zero-order chi connectivity index (χ0) is 10.6. The number of carbonyl (C=O) groups excluding carboxylic acids is 1. The molecule has 0 saturated heterocycles. The Bertz CT molecular complexity index is 308. The first-order valence-corrected chi connectivity index (χ1v) is 4.28. The number of hydrogen-bond acceptors (Lipinski definition) is 2. The molecule has 3 nitrogen and oxygen atoms in total. The molecule has 0 aliphatic rings. The van der Waals surface area contributed by atoms with Gasteiger partial charge in [0.25, 0.3) is 5.91 Å². The van der Waals surface area contributed by atoms with Crippen LogP contribution in [0.5, 0.6) is 0 Å². The number of halogens is 1. The molecule has 1 aromatic rings. The van der Waals surface area contributed by atoms with Crippen molar-refractivity contribution in [2.75, 3.05) is 20.8 Å². The van der Waals surface area contributed by atoms with Crippen molar-refractivity contribution in [1.82, 2.24) is 10.2 Å². The van der Waals surface area contributed by atoms with Crippen LogP contribution in [0.15, 0.2) is 24.3 Å². The molecule has 76 valence electrons. The number of rotatable bonds is 3. The van der Waals surface area contributed by atoms with E-state index in [9.17, 15) is 9.18 Å². The first-order chi connectivity index (χ1) is 6.59. The molecule has 0 aromatic heterocycles. The lowest BCUT2D eigenvalue weighted by atomic mass is 10.2. The van der Waals surface area contributed by atoms with E-state index in [-0.39, 0.29) is 11.7 Å².